The second-order valence-corrected chi connectivity index (χ2v) is 36.4. The third-order valence-corrected chi connectivity index (χ3v) is 25.8. The quantitative estimate of drug-likeness (QED) is 0.0998. The molecule has 133 heavy (non-hydrogen) atoms. The van der Waals surface area contributed by atoms with Gasteiger partial charge in [0.25, 0.3) is 0 Å². The SMILES string of the molecule is Brc1ccccc1.CC1(C)c2cc(-c3ccc(N(c4ccccc4)c4ccc(-c5nc6ccccc6o5)cc4)cc3)ccc2-c2ccc(N(c3ccccc3)c3ccc(-c4nc5ccccc5o4)cc3)cc21.CC1(C)c2cc(Br)ccc2-c2ccc(-c3ccc(Br)cc3)cc21.Nc1ccc(-c2nc3ccccc3o2)cc1.c1ccc(Nc2ccc(-c3nc4ccccc4o3)cc2)cc1. The van der Waals surface area contributed by atoms with Crippen LogP contribution in [0.3, 0.4) is 0 Å². The van der Waals surface area contributed by atoms with Crippen LogP contribution in [0.1, 0.15) is 49.9 Å². The molecule has 0 saturated carbocycles. The molecule has 4 heterocycles. The van der Waals surface area contributed by atoms with Crippen LogP contribution >= 0.6 is 47.8 Å². The molecule has 0 amide bonds. The van der Waals surface area contributed by atoms with Crippen molar-refractivity contribution in [1.29, 1.82) is 0 Å². The summed E-state index contributed by atoms with van der Waals surface area (Å²) < 4.78 is 27.0. The highest BCUT2D eigenvalue weighted by Crippen LogP contribution is 2.54. The molecule has 0 bridgehead atoms. The van der Waals surface area contributed by atoms with E-state index in [4.69, 9.17) is 33.4 Å². The van der Waals surface area contributed by atoms with Gasteiger partial charge in [-0.15, -0.1) is 0 Å². The van der Waals surface area contributed by atoms with Crippen molar-refractivity contribution in [3.8, 4) is 90.3 Å². The maximum atomic E-state index is 6.10. The molecule has 2 aliphatic rings. The van der Waals surface area contributed by atoms with Crippen LogP contribution in [0.4, 0.5) is 51.2 Å². The maximum Gasteiger partial charge on any atom is 0.227 e. The normalized spacial score (nSPS) is 12.2. The number of hydrogen-bond acceptors (Lipinski definition) is 12. The Morgan fingerprint density at radius 2 is 0.496 bits per heavy atom. The lowest BCUT2D eigenvalue weighted by Crippen LogP contribution is -2.16. The van der Waals surface area contributed by atoms with Crippen LogP contribution < -0.4 is 20.9 Å². The first kappa shape index (κ1) is 85.6. The van der Waals surface area contributed by atoms with Crippen molar-refractivity contribution in [2.45, 2.75) is 38.5 Å². The highest BCUT2D eigenvalue weighted by atomic mass is 79.9. The van der Waals surface area contributed by atoms with Crippen LogP contribution in [0.25, 0.3) is 135 Å². The first-order valence-corrected chi connectivity index (χ1v) is 46.3. The van der Waals surface area contributed by atoms with Gasteiger partial charge in [-0.3, -0.25) is 0 Å². The topological polar surface area (TPSA) is 149 Å². The Morgan fingerprint density at radius 1 is 0.233 bits per heavy atom. The van der Waals surface area contributed by atoms with E-state index in [0.29, 0.717) is 23.6 Å². The molecular formula is C118H87Br3N8O4. The number of nitrogens with one attached hydrogen (secondary N) is 1. The summed E-state index contributed by atoms with van der Waals surface area (Å²) >= 11 is 10.4. The fourth-order valence-electron chi connectivity index (χ4n) is 17.3. The Hall–Kier alpha value is -15.5. The average molecular weight is 1920 g/mol. The molecule has 0 fully saturated rings. The molecule has 0 unspecified atom stereocenters. The number of anilines is 9. The Kier molecular flexibility index (Phi) is 24.1. The van der Waals surface area contributed by atoms with Crippen molar-refractivity contribution in [3.05, 3.63) is 472 Å². The molecule has 24 rings (SSSR count). The van der Waals surface area contributed by atoms with Crippen molar-refractivity contribution in [1.82, 2.24) is 19.9 Å². The minimum Gasteiger partial charge on any atom is -0.436 e. The number of benzene rings is 18. The van der Waals surface area contributed by atoms with E-state index in [9.17, 15) is 0 Å². The van der Waals surface area contributed by atoms with E-state index >= 15 is 0 Å². The molecule has 18 aromatic carbocycles. The summed E-state index contributed by atoms with van der Waals surface area (Å²) in [6.45, 7) is 9.33. The van der Waals surface area contributed by atoms with Gasteiger partial charge in [0.05, 0.1) is 0 Å². The lowest BCUT2D eigenvalue weighted by atomic mass is 9.81. The fraction of sp³-hybridized carbons (Fsp3) is 0.0508. The third kappa shape index (κ3) is 18.3. The highest BCUT2D eigenvalue weighted by molar-refractivity contribution is 9.11. The lowest BCUT2D eigenvalue weighted by molar-refractivity contribution is 0.619. The first-order valence-electron chi connectivity index (χ1n) is 44.0. The number of nitrogens with two attached hydrogens (primary N) is 1. The van der Waals surface area contributed by atoms with Gasteiger partial charge in [0.1, 0.15) is 22.1 Å². The van der Waals surface area contributed by atoms with E-state index in [1.165, 1.54) is 66.8 Å². The Labute approximate surface area is 796 Å². The van der Waals surface area contributed by atoms with E-state index in [0.717, 1.165) is 131 Å². The number of nitrogens with zero attached hydrogens (tertiary/aromatic N) is 6. The molecule has 0 atom stereocenters. The van der Waals surface area contributed by atoms with Gasteiger partial charge < -0.3 is 38.5 Å². The third-order valence-electron chi connectivity index (χ3n) is 24.2. The molecule has 0 aliphatic heterocycles. The number of halogens is 3. The average Bonchev–Trinajstić information content (AvgIpc) is 1.56. The summed E-state index contributed by atoms with van der Waals surface area (Å²) in [6, 6.07) is 150. The van der Waals surface area contributed by atoms with Crippen LogP contribution in [0, 0.1) is 0 Å². The van der Waals surface area contributed by atoms with Crippen molar-refractivity contribution in [2.75, 3.05) is 20.9 Å². The van der Waals surface area contributed by atoms with Gasteiger partial charge in [0.2, 0.25) is 23.6 Å². The minimum absolute atomic E-state index is 0.0276. The predicted molar refractivity (Wildman–Crippen MR) is 557 cm³/mol. The zero-order valence-corrected chi connectivity index (χ0v) is 77.9. The van der Waals surface area contributed by atoms with E-state index in [1.54, 1.807) is 0 Å². The second-order valence-electron chi connectivity index (χ2n) is 33.6. The summed E-state index contributed by atoms with van der Waals surface area (Å²) in [6.07, 6.45) is 0. The van der Waals surface area contributed by atoms with Gasteiger partial charge in [-0.25, -0.2) is 19.9 Å². The van der Waals surface area contributed by atoms with E-state index in [2.05, 4.69) is 331 Å². The van der Waals surface area contributed by atoms with Crippen molar-refractivity contribution < 1.29 is 17.7 Å². The van der Waals surface area contributed by atoms with Crippen LogP contribution in [0.2, 0.25) is 0 Å². The van der Waals surface area contributed by atoms with Crippen molar-refractivity contribution >= 4 is 143 Å². The summed E-state index contributed by atoms with van der Waals surface area (Å²) in [4.78, 5) is 23.0. The summed E-state index contributed by atoms with van der Waals surface area (Å²) in [5, 5.41) is 3.36. The van der Waals surface area contributed by atoms with Gasteiger partial charge in [-0.05, 0) is 322 Å². The van der Waals surface area contributed by atoms with Crippen molar-refractivity contribution in [2.24, 2.45) is 0 Å². The van der Waals surface area contributed by atoms with Gasteiger partial charge in [-0.1, -0.05) is 257 Å². The van der Waals surface area contributed by atoms with Crippen LogP contribution in [0.15, 0.2) is 468 Å². The van der Waals surface area contributed by atoms with E-state index in [1.807, 2.05) is 206 Å². The monoisotopic (exact) mass is 1920 g/mol. The van der Waals surface area contributed by atoms with Gasteiger partial charge in [-0.2, -0.15) is 0 Å². The zero-order valence-electron chi connectivity index (χ0n) is 73.1. The Morgan fingerprint density at radius 3 is 0.880 bits per heavy atom. The molecule has 0 saturated heterocycles. The second kappa shape index (κ2) is 37.5. The molecule has 0 radical (unpaired) electrons. The van der Waals surface area contributed by atoms with Gasteiger partial charge in [0.15, 0.2) is 22.3 Å². The molecule has 2 aliphatic carbocycles. The molecule has 22 aromatic rings. The number of rotatable bonds is 14. The smallest absolute Gasteiger partial charge is 0.227 e. The molecule has 12 nitrogen and oxygen atoms in total. The number of nitrogen functional groups attached to an aromatic ring is 1. The predicted octanol–water partition coefficient (Wildman–Crippen LogP) is 34.2. The number of oxazole rings is 4. The fourth-order valence-corrected chi connectivity index (χ4v) is 18.3. The first-order chi connectivity index (χ1) is 65.0. The molecule has 15 heteroatoms. The molecule has 4 aromatic heterocycles. The molecular weight excluding hydrogens is 1830 g/mol. The maximum absolute atomic E-state index is 6.10. The Bertz CT molecular complexity index is 7730. The number of fused-ring (bicyclic) bond motifs is 10. The summed E-state index contributed by atoms with van der Waals surface area (Å²) in [5.74, 6) is 2.50. The van der Waals surface area contributed by atoms with Crippen LogP contribution in [-0.4, -0.2) is 19.9 Å². The van der Waals surface area contributed by atoms with Gasteiger partial charge in [0, 0.05) is 97.7 Å². The van der Waals surface area contributed by atoms with Crippen LogP contribution in [-0.2, 0) is 10.8 Å². The molecule has 644 valence electrons. The van der Waals surface area contributed by atoms with E-state index < -0.39 is 0 Å². The van der Waals surface area contributed by atoms with E-state index in [-0.39, 0.29) is 10.8 Å². The van der Waals surface area contributed by atoms with Crippen LogP contribution in [0.5, 0.6) is 0 Å². The Balaban J connectivity index is 0.000000129. The minimum atomic E-state index is -0.232. The van der Waals surface area contributed by atoms with Gasteiger partial charge >= 0.3 is 0 Å². The summed E-state index contributed by atoms with van der Waals surface area (Å²) in [5.41, 5.74) is 40.7. The number of hydrogen-bond donors (Lipinski definition) is 2. The molecule has 0 spiro atoms. The molecule has 3 N–H and O–H groups in total. The van der Waals surface area contributed by atoms with Crippen molar-refractivity contribution in [3.63, 3.8) is 0 Å². The summed E-state index contributed by atoms with van der Waals surface area (Å²) in [7, 11) is 0. The lowest BCUT2D eigenvalue weighted by Gasteiger charge is -2.28. The largest absolute Gasteiger partial charge is 0.436 e. The number of para-hydroxylation sites is 11. The standard InChI is InChI=1S/C59H42N4O2.C21H16Br2.C19H14N2O.C13H10N2O.C6H5Br/c1-59(2)51-37-42(39-21-28-45(29-22-39)62(43-13-5-3-6-14-43)46-30-23-40(24-31-46)57-60-53-17-9-11-19-55(53)64-57)27-35-49(51)50-36-34-48(38-52(50)59)63(44-15-7-4-8-16-44)47-32-25-41(26-33-47)58-61-54-18-10-12-20-56(54)65-58;1-21(2)19-11-14(13-3-6-15(22)7-4-13)5-9-17(19)18-10-8-16(23)12-20(18)21;1-2-6-15(7-3-1)20-16-12-10-14(11-13-16)19-21-17-8-4-5-9-18(17)22-19;14-10-7-5-9(6-8-10)13-15-11-3-1-2-4-12(11)16-13;7-6-4-2-1-3-5-6/h3-38H,1-2H3;3-12H,1-2H3;1-13,20H;1-8H,14H2;1-5H. The number of aromatic nitrogens is 4. The highest BCUT2D eigenvalue weighted by Gasteiger charge is 2.38. The zero-order chi connectivity index (χ0) is 90.5.